The van der Waals surface area contributed by atoms with Gasteiger partial charge in [-0.05, 0) is 54.8 Å². The Kier molecular flexibility index (Phi) is 4.98. The quantitative estimate of drug-likeness (QED) is 0.412. The summed E-state index contributed by atoms with van der Waals surface area (Å²) in [7, 11) is 0. The van der Waals surface area contributed by atoms with Crippen LogP contribution in [0.5, 0.6) is 5.75 Å². The summed E-state index contributed by atoms with van der Waals surface area (Å²) in [6, 6.07) is 10.1. The number of pyridine rings is 3. The van der Waals surface area contributed by atoms with E-state index in [1.807, 2.05) is 29.2 Å². The smallest absolute Gasteiger partial charge is 0.253 e. The number of aromatic amines is 1. The summed E-state index contributed by atoms with van der Waals surface area (Å²) in [6.07, 6.45) is 9.03. The Morgan fingerprint density at radius 3 is 2.89 bits per heavy atom. The molecule has 1 saturated heterocycles. The first-order chi connectivity index (χ1) is 17.1. The molecule has 5 aromatic rings. The summed E-state index contributed by atoms with van der Waals surface area (Å²) in [5, 5.41) is 15.0. The second kappa shape index (κ2) is 8.32. The molecule has 0 bridgehead atoms. The van der Waals surface area contributed by atoms with E-state index in [-0.39, 0.29) is 17.4 Å². The molecule has 174 valence electrons. The van der Waals surface area contributed by atoms with Crippen molar-refractivity contribution >= 4 is 11.5 Å². The van der Waals surface area contributed by atoms with Gasteiger partial charge in [-0.15, -0.1) is 5.10 Å². The summed E-state index contributed by atoms with van der Waals surface area (Å²) in [6.45, 7) is 0.693. The van der Waals surface area contributed by atoms with Crippen LogP contribution in [0.2, 0.25) is 0 Å². The van der Waals surface area contributed by atoms with Gasteiger partial charge in [-0.25, -0.2) is 13.9 Å². The molecular formula is C25H20FN7O2. The van der Waals surface area contributed by atoms with Crippen LogP contribution in [-0.2, 0) is 0 Å². The minimum atomic E-state index is -0.474. The van der Waals surface area contributed by atoms with Gasteiger partial charge in [0.05, 0.1) is 24.1 Å². The number of rotatable bonds is 4. The molecule has 0 amide bonds. The molecule has 0 unspecified atom stereocenters. The van der Waals surface area contributed by atoms with Gasteiger partial charge in [-0.3, -0.25) is 14.8 Å². The maximum Gasteiger partial charge on any atom is 0.253 e. The highest BCUT2D eigenvalue weighted by Crippen LogP contribution is 2.35. The number of aromatic nitrogens is 6. The lowest BCUT2D eigenvalue weighted by atomic mass is 10.1. The molecule has 0 radical (unpaired) electrons. The van der Waals surface area contributed by atoms with Crippen LogP contribution in [0, 0.1) is 5.82 Å². The van der Waals surface area contributed by atoms with Gasteiger partial charge in [-0.2, -0.15) is 0 Å². The van der Waals surface area contributed by atoms with Crippen molar-refractivity contribution in [2.75, 3.05) is 11.4 Å². The van der Waals surface area contributed by atoms with Crippen LogP contribution in [0.4, 0.5) is 10.2 Å². The van der Waals surface area contributed by atoms with Crippen LogP contribution in [0.25, 0.3) is 28.2 Å². The van der Waals surface area contributed by atoms with Crippen molar-refractivity contribution in [1.29, 1.82) is 0 Å². The molecule has 35 heavy (non-hydrogen) atoms. The summed E-state index contributed by atoms with van der Waals surface area (Å²) in [4.78, 5) is 29.8. The van der Waals surface area contributed by atoms with Gasteiger partial charge in [0.15, 0.2) is 5.65 Å². The van der Waals surface area contributed by atoms with Crippen molar-refractivity contribution in [2.24, 2.45) is 0 Å². The number of nitrogens with zero attached hydrogens (tertiary/aromatic N) is 6. The highest BCUT2D eigenvalue weighted by atomic mass is 19.1. The second-order valence-corrected chi connectivity index (χ2v) is 8.38. The van der Waals surface area contributed by atoms with Crippen LogP contribution in [0.1, 0.15) is 24.4 Å². The Balaban J connectivity index is 1.41. The van der Waals surface area contributed by atoms with Crippen LogP contribution < -0.4 is 10.5 Å². The second-order valence-electron chi connectivity index (χ2n) is 8.38. The third-order valence-electron chi connectivity index (χ3n) is 6.28. The van der Waals surface area contributed by atoms with Gasteiger partial charge in [0.1, 0.15) is 23.1 Å². The topological polar surface area (TPSA) is 112 Å². The number of hydrogen-bond donors (Lipinski definition) is 2. The van der Waals surface area contributed by atoms with E-state index in [0.29, 0.717) is 40.5 Å². The van der Waals surface area contributed by atoms with Crippen molar-refractivity contribution in [3.63, 3.8) is 0 Å². The van der Waals surface area contributed by atoms with E-state index in [2.05, 4.69) is 19.9 Å². The lowest BCUT2D eigenvalue weighted by Gasteiger charge is -2.25. The summed E-state index contributed by atoms with van der Waals surface area (Å²) >= 11 is 0. The molecule has 1 fully saturated rings. The third kappa shape index (κ3) is 3.68. The maximum atomic E-state index is 13.9. The fourth-order valence-electron chi connectivity index (χ4n) is 4.65. The van der Waals surface area contributed by atoms with Gasteiger partial charge in [0, 0.05) is 36.3 Å². The number of imidazole rings is 1. The average molecular weight is 469 g/mol. The number of fused-ring (bicyclic) bond motifs is 1. The van der Waals surface area contributed by atoms with E-state index < -0.39 is 5.82 Å². The Labute approximate surface area is 198 Å². The minimum Gasteiger partial charge on any atom is -0.506 e. The van der Waals surface area contributed by atoms with E-state index in [0.717, 1.165) is 24.6 Å². The lowest BCUT2D eigenvalue weighted by Crippen LogP contribution is -2.29. The highest BCUT2D eigenvalue weighted by molar-refractivity contribution is 5.73. The first kappa shape index (κ1) is 21.0. The zero-order valence-corrected chi connectivity index (χ0v) is 18.5. The number of anilines is 1. The molecule has 1 atom stereocenters. The fraction of sp³-hybridized carbons (Fsp3) is 0.160. The number of H-pyrrole nitrogens is 1. The molecular weight excluding hydrogens is 449 g/mol. The predicted octanol–water partition coefficient (Wildman–Crippen LogP) is 3.73. The Bertz CT molecular complexity index is 1610. The molecule has 0 aliphatic carbocycles. The van der Waals surface area contributed by atoms with Crippen LogP contribution in [0.3, 0.4) is 0 Å². The van der Waals surface area contributed by atoms with Crippen LogP contribution in [0.15, 0.2) is 72.2 Å². The van der Waals surface area contributed by atoms with Crippen molar-refractivity contribution in [2.45, 2.75) is 18.9 Å². The molecule has 0 spiro atoms. The Hall–Kier alpha value is -4.60. The summed E-state index contributed by atoms with van der Waals surface area (Å²) in [5.41, 5.74) is 3.47. The average Bonchev–Trinajstić information content (AvgIpc) is 3.53. The molecule has 1 aliphatic heterocycles. The first-order valence-electron chi connectivity index (χ1n) is 11.2. The van der Waals surface area contributed by atoms with Crippen molar-refractivity contribution in [3.05, 3.63) is 89.1 Å². The first-order valence-corrected chi connectivity index (χ1v) is 11.2. The van der Waals surface area contributed by atoms with E-state index in [4.69, 9.17) is 5.10 Å². The number of aromatic hydroxyl groups is 1. The van der Waals surface area contributed by atoms with E-state index >= 15 is 0 Å². The van der Waals surface area contributed by atoms with Gasteiger partial charge in [-0.1, -0.05) is 0 Å². The van der Waals surface area contributed by atoms with E-state index in [9.17, 15) is 14.3 Å². The van der Waals surface area contributed by atoms with Gasteiger partial charge < -0.3 is 15.0 Å². The third-order valence-corrected chi connectivity index (χ3v) is 6.28. The Morgan fingerprint density at radius 1 is 1.09 bits per heavy atom. The largest absolute Gasteiger partial charge is 0.506 e. The number of halogens is 1. The monoisotopic (exact) mass is 469 g/mol. The van der Waals surface area contributed by atoms with Gasteiger partial charge >= 0.3 is 0 Å². The van der Waals surface area contributed by atoms with Crippen LogP contribution >= 0.6 is 0 Å². The van der Waals surface area contributed by atoms with Crippen molar-refractivity contribution in [3.8, 4) is 28.3 Å². The predicted molar refractivity (Wildman–Crippen MR) is 127 cm³/mol. The fourth-order valence-corrected chi connectivity index (χ4v) is 4.65. The zero-order valence-electron chi connectivity index (χ0n) is 18.5. The molecule has 2 N–H and O–H groups in total. The number of nitrogens with one attached hydrogen (secondary N) is 1. The molecule has 0 saturated carbocycles. The summed E-state index contributed by atoms with van der Waals surface area (Å²) in [5.74, 6) is 0.263. The standard InChI is InChI=1S/C25H20FN7O2/c26-16-11-18(25(35)30-12-16)20-2-1-9-32(20)24-4-3-23-29-13-21(33(23)31-24)19-10-15(5-8-28-19)17-6-7-27-14-22(17)34/h3-8,10-14,20,34H,1-2,9H2,(H,30,35)/t20-/m1/s1. The van der Waals surface area contributed by atoms with Crippen molar-refractivity contribution < 1.29 is 9.50 Å². The minimum absolute atomic E-state index is 0.0793. The SMILES string of the molecule is O=c1[nH]cc(F)cc1[C@H]1CCCN1c1ccc2ncc(-c3cc(-c4ccncc4O)ccn3)n2n1. The van der Waals surface area contributed by atoms with Gasteiger partial charge in [0.2, 0.25) is 0 Å². The molecule has 1 aliphatic rings. The molecule has 5 aromatic heterocycles. The zero-order chi connectivity index (χ0) is 23.9. The summed E-state index contributed by atoms with van der Waals surface area (Å²) < 4.78 is 15.6. The van der Waals surface area contributed by atoms with Gasteiger partial charge in [0.25, 0.3) is 5.56 Å². The molecule has 9 nitrogen and oxygen atoms in total. The van der Waals surface area contributed by atoms with E-state index in [1.54, 1.807) is 29.2 Å². The lowest BCUT2D eigenvalue weighted by molar-refractivity contribution is 0.474. The Morgan fingerprint density at radius 2 is 2.00 bits per heavy atom. The van der Waals surface area contributed by atoms with E-state index in [1.165, 1.54) is 12.3 Å². The normalized spacial score (nSPS) is 15.7. The molecule has 0 aromatic carbocycles. The van der Waals surface area contributed by atoms with Crippen molar-refractivity contribution in [1.82, 2.24) is 29.5 Å². The molecule has 6 heterocycles. The maximum absolute atomic E-state index is 13.9. The van der Waals surface area contributed by atoms with Crippen LogP contribution in [-0.4, -0.2) is 41.2 Å². The highest BCUT2D eigenvalue weighted by Gasteiger charge is 2.30. The number of hydrogen-bond acceptors (Lipinski definition) is 7. The molecule has 6 rings (SSSR count). The molecule has 10 heteroatoms.